The van der Waals surface area contributed by atoms with Crippen LogP contribution in [0.25, 0.3) is 10.9 Å². The van der Waals surface area contributed by atoms with Crippen molar-refractivity contribution in [3.63, 3.8) is 0 Å². The van der Waals surface area contributed by atoms with Crippen molar-refractivity contribution in [3.8, 4) is 0 Å². The molecule has 0 aliphatic carbocycles. The number of aromatic nitrogens is 1. The number of nitrogens with zero attached hydrogens (tertiary/aromatic N) is 2. The molecular weight excluding hydrogens is 250 g/mol. The summed E-state index contributed by atoms with van der Waals surface area (Å²) in [6, 6.07) is 10.1. The normalized spacial score (nSPS) is 10.7. The molecule has 1 aromatic heterocycles. The third kappa shape index (κ3) is 3.54. The number of rotatable bonds is 6. The number of hydrogen-bond acceptors (Lipinski definition) is 3. The molecule has 1 amide bonds. The van der Waals surface area contributed by atoms with E-state index in [1.54, 1.807) is 6.20 Å². The summed E-state index contributed by atoms with van der Waals surface area (Å²) in [6.07, 6.45) is 1.79. The average Bonchev–Trinajstić information content (AvgIpc) is 2.48. The van der Waals surface area contributed by atoms with E-state index in [1.165, 1.54) is 0 Å². The Morgan fingerprint density at radius 2 is 2.05 bits per heavy atom. The molecule has 0 saturated heterocycles. The number of amides is 1. The maximum Gasteiger partial charge on any atom is 0.236 e. The minimum absolute atomic E-state index is 0.150. The molecule has 2 rings (SSSR count). The van der Waals surface area contributed by atoms with Crippen molar-refractivity contribution in [3.05, 3.63) is 42.1 Å². The number of nitrogens with one attached hydrogen (secondary N) is 1. The Labute approximate surface area is 119 Å². The van der Waals surface area contributed by atoms with Crippen LogP contribution in [-0.4, -0.2) is 35.4 Å². The minimum atomic E-state index is 0.150. The van der Waals surface area contributed by atoms with Crippen LogP contribution in [0.3, 0.4) is 0 Å². The zero-order chi connectivity index (χ0) is 14.4. The Bertz CT molecular complexity index is 579. The molecule has 0 aliphatic rings. The SMILES string of the molecule is CCN(CC)C(=O)CNCc1ccc2ncccc2c1. The van der Waals surface area contributed by atoms with E-state index >= 15 is 0 Å². The highest BCUT2D eigenvalue weighted by atomic mass is 16.2. The molecule has 20 heavy (non-hydrogen) atoms. The molecule has 106 valence electrons. The molecule has 1 heterocycles. The zero-order valence-electron chi connectivity index (χ0n) is 12.1. The lowest BCUT2D eigenvalue weighted by atomic mass is 10.1. The van der Waals surface area contributed by atoms with Gasteiger partial charge in [-0.1, -0.05) is 12.1 Å². The summed E-state index contributed by atoms with van der Waals surface area (Å²) >= 11 is 0. The van der Waals surface area contributed by atoms with Gasteiger partial charge in [-0.05, 0) is 37.6 Å². The van der Waals surface area contributed by atoms with Crippen LogP contribution in [0.1, 0.15) is 19.4 Å². The minimum Gasteiger partial charge on any atom is -0.342 e. The van der Waals surface area contributed by atoms with E-state index in [-0.39, 0.29) is 5.91 Å². The van der Waals surface area contributed by atoms with Crippen molar-refractivity contribution < 1.29 is 4.79 Å². The molecule has 0 bridgehead atoms. The number of likely N-dealkylation sites (N-methyl/N-ethyl adjacent to an activating group) is 1. The van der Waals surface area contributed by atoms with Crippen LogP contribution in [0.4, 0.5) is 0 Å². The van der Waals surface area contributed by atoms with Gasteiger partial charge in [0, 0.05) is 31.2 Å². The van der Waals surface area contributed by atoms with E-state index in [9.17, 15) is 4.79 Å². The highest BCUT2D eigenvalue weighted by Gasteiger charge is 2.08. The van der Waals surface area contributed by atoms with Crippen molar-refractivity contribution in [2.75, 3.05) is 19.6 Å². The Hall–Kier alpha value is -1.94. The summed E-state index contributed by atoms with van der Waals surface area (Å²) in [6.45, 7) is 6.59. The summed E-state index contributed by atoms with van der Waals surface area (Å²) in [5.41, 5.74) is 2.16. The van der Waals surface area contributed by atoms with E-state index in [4.69, 9.17) is 0 Å². The van der Waals surface area contributed by atoms with Crippen LogP contribution in [0.2, 0.25) is 0 Å². The average molecular weight is 271 g/mol. The Morgan fingerprint density at radius 3 is 2.80 bits per heavy atom. The van der Waals surface area contributed by atoms with Crippen LogP contribution in [0.15, 0.2) is 36.5 Å². The van der Waals surface area contributed by atoms with E-state index in [0.29, 0.717) is 13.1 Å². The largest absolute Gasteiger partial charge is 0.342 e. The van der Waals surface area contributed by atoms with Gasteiger partial charge in [0.15, 0.2) is 0 Å². The topological polar surface area (TPSA) is 45.2 Å². The molecule has 1 aromatic carbocycles. The number of carbonyl (C=O) groups excluding carboxylic acids is 1. The summed E-state index contributed by atoms with van der Waals surface area (Å²) in [5, 5.41) is 4.33. The molecule has 0 saturated carbocycles. The van der Waals surface area contributed by atoms with Gasteiger partial charge in [-0.25, -0.2) is 0 Å². The van der Waals surface area contributed by atoms with Gasteiger partial charge in [0.05, 0.1) is 12.1 Å². The second kappa shape index (κ2) is 7.01. The lowest BCUT2D eigenvalue weighted by Gasteiger charge is -2.18. The van der Waals surface area contributed by atoms with Crippen LogP contribution in [0.5, 0.6) is 0 Å². The molecule has 2 aromatic rings. The molecular formula is C16H21N3O. The maximum absolute atomic E-state index is 11.9. The first-order valence-electron chi connectivity index (χ1n) is 7.06. The fourth-order valence-corrected chi connectivity index (χ4v) is 2.24. The first-order chi connectivity index (χ1) is 9.74. The predicted molar refractivity (Wildman–Crippen MR) is 81.4 cm³/mol. The Morgan fingerprint density at radius 1 is 1.25 bits per heavy atom. The van der Waals surface area contributed by atoms with Crippen molar-refractivity contribution in [1.82, 2.24) is 15.2 Å². The number of fused-ring (bicyclic) bond motifs is 1. The van der Waals surface area contributed by atoms with Crippen LogP contribution in [0, 0.1) is 0 Å². The predicted octanol–water partition coefficient (Wildman–Crippen LogP) is 2.19. The quantitative estimate of drug-likeness (QED) is 0.876. The lowest BCUT2D eigenvalue weighted by Crippen LogP contribution is -2.37. The molecule has 0 aliphatic heterocycles. The van der Waals surface area contributed by atoms with E-state index in [0.717, 1.165) is 29.6 Å². The van der Waals surface area contributed by atoms with Gasteiger partial charge in [0.2, 0.25) is 5.91 Å². The van der Waals surface area contributed by atoms with Gasteiger partial charge in [-0.15, -0.1) is 0 Å². The maximum atomic E-state index is 11.9. The first-order valence-corrected chi connectivity index (χ1v) is 7.06. The van der Waals surface area contributed by atoms with Gasteiger partial charge in [0.25, 0.3) is 0 Å². The van der Waals surface area contributed by atoms with Gasteiger partial charge in [-0.2, -0.15) is 0 Å². The fourth-order valence-electron chi connectivity index (χ4n) is 2.24. The Balaban J connectivity index is 1.91. The fraction of sp³-hybridized carbons (Fsp3) is 0.375. The van der Waals surface area contributed by atoms with Crippen molar-refractivity contribution >= 4 is 16.8 Å². The summed E-state index contributed by atoms with van der Waals surface area (Å²) < 4.78 is 0. The monoisotopic (exact) mass is 271 g/mol. The first kappa shape index (κ1) is 14.5. The van der Waals surface area contributed by atoms with Gasteiger partial charge in [0.1, 0.15) is 0 Å². The standard InChI is InChI=1S/C16H21N3O/c1-3-19(4-2)16(20)12-17-11-13-7-8-15-14(10-13)6-5-9-18-15/h5-10,17H,3-4,11-12H2,1-2H3. The third-order valence-corrected chi connectivity index (χ3v) is 3.39. The third-order valence-electron chi connectivity index (χ3n) is 3.39. The second-order valence-corrected chi connectivity index (χ2v) is 4.70. The zero-order valence-corrected chi connectivity index (χ0v) is 12.1. The Kier molecular flexibility index (Phi) is 5.07. The van der Waals surface area contributed by atoms with Crippen LogP contribution < -0.4 is 5.32 Å². The van der Waals surface area contributed by atoms with Gasteiger partial charge >= 0.3 is 0 Å². The van der Waals surface area contributed by atoms with Crippen LogP contribution >= 0.6 is 0 Å². The van der Waals surface area contributed by atoms with E-state index < -0.39 is 0 Å². The molecule has 1 N–H and O–H groups in total. The summed E-state index contributed by atoms with van der Waals surface area (Å²) in [5.74, 6) is 0.150. The molecule has 0 atom stereocenters. The smallest absolute Gasteiger partial charge is 0.236 e. The highest BCUT2D eigenvalue weighted by molar-refractivity contribution is 5.79. The molecule has 4 nitrogen and oxygen atoms in total. The van der Waals surface area contributed by atoms with E-state index in [2.05, 4.69) is 16.4 Å². The van der Waals surface area contributed by atoms with Crippen molar-refractivity contribution in [1.29, 1.82) is 0 Å². The molecule has 4 heteroatoms. The molecule has 0 unspecified atom stereocenters. The van der Waals surface area contributed by atoms with Gasteiger partial charge < -0.3 is 10.2 Å². The van der Waals surface area contributed by atoms with Crippen molar-refractivity contribution in [2.45, 2.75) is 20.4 Å². The summed E-state index contributed by atoms with van der Waals surface area (Å²) in [4.78, 5) is 18.0. The molecule has 0 fully saturated rings. The van der Waals surface area contributed by atoms with Gasteiger partial charge in [-0.3, -0.25) is 9.78 Å². The number of carbonyl (C=O) groups is 1. The van der Waals surface area contributed by atoms with Crippen LogP contribution in [-0.2, 0) is 11.3 Å². The van der Waals surface area contributed by atoms with E-state index in [1.807, 2.05) is 43.0 Å². The lowest BCUT2D eigenvalue weighted by molar-refractivity contribution is -0.129. The molecule has 0 radical (unpaired) electrons. The highest BCUT2D eigenvalue weighted by Crippen LogP contribution is 2.12. The number of hydrogen-bond donors (Lipinski definition) is 1. The number of pyridine rings is 1. The number of benzene rings is 1. The molecule has 0 spiro atoms. The van der Waals surface area contributed by atoms with Crippen molar-refractivity contribution in [2.24, 2.45) is 0 Å². The second-order valence-electron chi connectivity index (χ2n) is 4.70. The summed E-state index contributed by atoms with van der Waals surface area (Å²) in [7, 11) is 0.